The first-order valence-electron chi connectivity index (χ1n) is 9.27. The number of benzene rings is 1. The minimum absolute atomic E-state index is 0. The second-order valence-electron chi connectivity index (χ2n) is 7.61. The van der Waals surface area contributed by atoms with Crippen molar-refractivity contribution in [3.05, 3.63) is 23.3 Å². The number of rotatable bonds is 3. The SMILES string of the molecule is COc1cc2c(cc1OC)CCN(C(=O)C1CCCCC1(C)N)CC2.Cl. The average Bonchev–Trinajstić information content (AvgIpc) is 2.81. The molecule has 1 aromatic rings. The molecule has 1 aromatic carbocycles. The lowest BCUT2D eigenvalue weighted by Crippen LogP contribution is -2.54. The molecule has 2 N–H and O–H groups in total. The molecule has 0 radical (unpaired) electrons. The summed E-state index contributed by atoms with van der Waals surface area (Å²) < 4.78 is 10.8. The number of halogens is 1. The Hall–Kier alpha value is -1.46. The fourth-order valence-corrected chi connectivity index (χ4v) is 4.26. The zero-order valence-corrected chi connectivity index (χ0v) is 16.9. The van der Waals surface area contributed by atoms with Gasteiger partial charge in [0.1, 0.15) is 0 Å². The molecule has 0 spiro atoms. The minimum atomic E-state index is -0.374. The van der Waals surface area contributed by atoms with Gasteiger partial charge in [-0.25, -0.2) is 0 Å². The molecule has 2 atom stereocenters. The van der Waals surface area contributed by atoms with Crippen LogP contribution in [0.1, 0.15) is 43.7 Å². The molecule has 6 heteroatoms. The van der Waals surface area contributed by atoms with Crippen molar-refractivity contribution in [1.29, 1.82) is 0 Å². The molecule has 146 valence electrons. The van der Waals surface area contributed by atoms with Crippen LogP contribution >= 0.6 is 12.4 Å². The summed E-state index contributed by atoms with van der Waals surface area (Å²) in [4.78, 5) is 15.1. The minimum Gasteiger partial charge on any atom is -0.493 e. The molecule has 1 aliphatic carbocycles. The van der Waals surface area contributed by atoms with Gasteiger partial charge >= 0.3 is 0 Å². The van der Waals surface area contributed by atoms with Crippen LogP contribution in [0.2, 0.25) is 0 Å². The van der Waals surface area contributed by atoms with Gasteiger partial charge in [0.05, 0.1) is 20.1 Å². The number of methoxy groups -OCH3 is 2. The van der Waals surface area contributed by atoms with Crippen LogP contribution in [0.15, 0.2) is 12.1 Å². The van der Waals surface area contributed by atoms with Gasteiger partial charge in [0.2, 0.25) is 5.91 Å². The molecule has 2 unspecified atom stereocenters. The lowest BCUT2D eigenvalue weighted by atomic mass is 9.74. The summed E-state index contributed by atoms with van der Waals surface area (Å²) in [7, 11) is 3.31. The maximum Gasteiger partial charge on any atom is 0.227 e. The van der Waals surface area contributed by atoms with Crippen LogP contribution in [-0.4, -0.2) is 43.7 Å². The number of hydrogen-bond donors (Lipinski definition) is 1. The maximum atomic E-state index is 13.1. The first kappa shape index (κ1) is 20.8. The second-order valence-corrected chi connectivity index (χ2v) is 7.61. The molecule has 5 nitrogen and oxygen atoms in total. The van der Waals surface area contributed by atoms with Crippen LogP contribution in [0, 0.1) is 5.92 Å². The van der Waals surface area contributed by atoms with Gasteiger partial charge < -0.3 is 20.1 Å². The third-order valence-corrected chi connectivity index (χ3v) is 5.87. The quantitative estimate of drug-likeness (QED) is 0.872. The van der Waals surface area contributed by atoms with Gasteiger partial charge in [-0.3, -0.25) is 4.79 Å². The van der Waals surface area contributed by atoms with Gasteiger partial charge in [0.15, 0.2) is 11.5 Å². The van der Waals surface area contributed by atoms with E-state index in [1.165, 1.54) is 11.1 Å². The largest absolute Gasteiger partial charge is 0.493 e. The average molecular weight is 383 g/mol. The Kier molecular flexibility index (Phi) is 6.80. The molecule has 3 rings (SSSR count). The van der Waals surface area contributed by atoms with Gasteiger partial charge in [-0.2, -0.15) is 0 Å². The number of ether oxygens (including phenoxy) is 2. The van der Waals surface area contributed by atoms with E-state index in [-0.39, 0.29) is 29.8 Å². The van der Waals surface area contributed by atoms with Gasteiger partial charge in [-0.1, -0.05) is 12.8 Å². The van der Waals surface area contributed by atoms with Gasteiger partial charge in [0, 0.05) is 18.6 Å². The van der Waals surface area contributed by atoms with Crippen molar-refractivity contribution in [3.8, 4) is 11.5 Å². The van der Waals surface area contributed by atoms with Crippen LogP contribution in [0.4, 0.5) is 0 Å². The molecule has 2 aliphatic rings. The standard InChI is InChI=1S/C20H30N2O3.ClH/c1-20(21)9-5-4-6-16(20)19(23)22-10-7-14-12-17(24-2)18(25-3)13-15(14)8-11-22;/h12-13,16H,4-11,21H2,1-3H3;1H. The predicted octanol–water partition coefficient (Wildman–Crippen LogP) is 2.96. The van der Waals surface area contributed by atoms with Crippen molar-refractivity contribution in [3.63, 3.8) is 0 Å². The van der Waals surface area contributed by atoms with E-state index in [0.717, 1.165) is 63.1 Å². The first-order chi connectivity index (χ1) is 12.0. The van der Waals surface area contributed by atoms with Gasteiger partial charge in [-0.15, -0.1) is 12.4 Å². The molecule has 1 saturated carbocycles. The predicted molar refractivity (Wildman–Crippen MR) is 105 cm³/mol. The smallest absolute Gasteiger partial charge is 0.227 e. The number of fused-ring (bicyclic) bond motifs is 1. The number of nitrogens with zero attached hydrogens (tertiary/aromatic N) is 1. The van der Waals surface area contributed by atoms with Gasteiger partial charge in [-0.05, 0) is 55.9 Å². The molecule has 1 aliphatic heterocycles. The molecule has 26 heavy (non-hydrogen) atoms. The van der Waals surface area contributed by atoms with Gasteiger partial charge in [0.25, 0.3) is 0 Å². The van der Waals surface area contributed by atoms with Crippen molar-refractivity contribution in [1.82, 2.24) is 4.90 Å². The second kappa shape index (κ2) is 8.49. The van der Waals surface area contributed by atoms with E-state index in [1.807, 2.05) is 11.8 Å². The van der Waals surface area contributed by atoms with Crippen LogP contribution < -0.4 is 15.2 Å². The summed E-state index contributed by atoms with van der Waals surface area (Å²) in [5, 5.41) is 0. The van der Waals surface area contributed by atoms with Crippen molar-refractivity contribution >= 4 is 18.3 Å². The highest BCUT2D eigenvalue weighted by Crippen LogP contribution is 2.35. The lowest BCUT2D eigenvalue weighted by molar-refractivity contribution is -0.138. The summed E-state index contributed by atoms with van der Waals surface area (Å²) in [6, 6.07) is 4.10. The molecule has 1 fully saturated rings. The van der Waals surface area contributed by atoms with E-state index in [4.69, 9.17) is 15.2 Å². The van der Waals surface area contributed by atoms with E-state index in [0.29, 0.717) is 0 Å². The molecule has 1 heterocycles. The molecular weight excluding hydrogens is 352 g/mol. The van der Waals surface area contributed by atoms with Crippen molar-refractivity contribution in [2.45, 2.75) is 51.0 Å². The Balaban J connectivity index is 0.00000243. The lowest BCUT2D eigenvalue weighted by Gasteiger charge is -2.39. The van der Waals surface area contributed by atoms with Crippen molar-refractivity contribution < 1.29 is 14.3 Å². The van der Waals surface area contributed by atoms with E-state index in [2.05, 4.69) is 12.1 Å². The topological polar surface area (TPSA) is 64.8 Å². The van der Waals surface area contributed by atoms with E-state index in [9.17, 15) is 4.79 Å². The first-order valence-corrected chi connectivity index (χ1v) is 9.27. The summed E-state index contributed by atoms with van der Waals surface area (Å²) in [6.45, 7) is 3.53. The Morgan fingerprint density at radius 3 is 2.12 bits per heavy atom. The molecule has 1 amide bonds. The third kappa shape index (κ3) is 4.09. The number of hydrogen-bond acceptors (Lipinski definition) is 4. The maximum absolute atomic E-state index is 13.1. The summed E-state index contributed by atoms with van der Waals surface area (Å²) in [5.74, 6) is 1.69. The third-order valence-electron chi connectivity index (χ3n) is 5.87. The monoisotopic (exact) mass is 382 g/mol. The zero-order chi connectivity index (χ0) is 18.0. The Bertz CT molecular complexity index is 613. The van der Waals surface area contributed by atoms with E-state index in [1.54, 1.807) is 14.2 Å². The molecule has 0 saturated heterocycles. The Labute approximate surface area is 162 Å². The highest BCUT2D eigenvalue weighted by molar-refractivity contribution is 5.85. The summed E-state index contributed by atoms with van der Waals surface area (Å²) in [6.07, 6.45) is 5.77. The van der Waals surface area contributed by atoms with E-state index < -0.39 is 0 Å². The van der Waals surface area contributed by atoms with Crippen LogP contribution in [-0.2, 0) is 17.6 Å². The summed E-state index contributed by atoms with van der Waals surface area (Å²) in [5.41, 5.74) is 8.56. The fraction of sp³-hybridized carbons (Fsp3) is 0.650. The normalized spacial score (nSPS) is 25.5. The highest BCUT2D eigenvalue weighted by Gasteiger charge is 2.40. The fourth-order valence-electron chi connectivity index (χ4n) is 4.26. The van der Waals surface area contributed by atoms with Crippen LogP contribution in [0.5, 0.6) is 11.5 Å². The number of nitrogens with two attached hydrogens (primary N) is 1. The van der Waals surface area contributed by atoms with E-state index >= 15 is 0 Å². The van der Waals surface area contributed by atoms with Crippen LogP contribution in [0.25, 0.3) is 0 Å². The van der Waals surface area contributed by atoms with Crippen molar-refractivity contribution in [2.24, 2.45) is 11.7 Å². The Morgan fingerprint density at radius 2 is 1.65 bits per heavy atom. The van der Waals surface area contributed by atoms with Crippen molar-refractivity contribution in [2.75, 3.05) is 27.3 Å². The zero-order valence-electron chi connectivity index (χ0n) is 16.0. The molecular formula is C20H31ClN2O3. The number of carbonyl (C=O) groups excluding carboxylic acids is 1. The number of carbonyl (C=O) groups is 1. The Morgan fingerprint density at radius 1 is 1.12 bits per heavy atom. The highest BCUT2D eigenvalue weighted by atomic mass is 35.5. The molecule has 0 aromatic heterocycles. The molecule has 0 bridgehead atoms. The summed E-state index contributed by atoms with van der Waals surface area (Å²) >= 11 is 0. The van der Waals surface area contributed by atoms with Crippen LogP contribution in [0.3, 0.4) is 0 Å². The number of amides is 1.